The van der Waals surface area contributed by atoms with E-state index in [4.69, 9.17) is 4.42 Å². The molecule has 0 saturated carbocycles. The Hall–Kier alpha value is -1.60. The van der Waals surface area contributed by atoms with Crippen molar-refractivity contribution in [3.8, 4) is 0 Å². The Labute approximate surface area is 111 Å². The van der Waals surface area contributed by atoms with Gasteiger partial charge in [-0.05, 0) is 25.0 Å². The Morgan fingerprint density at radius 2 is 2.32 bits per heavy atom. The summed E-state index contributed by atoms with van der Waals surface area (Å²) in [6, 6.07) is 3.37. The molecular weight excluding hydrogens is 266 g/mol. The summed E-state index contributed by atoms with van der Waals surface area (Å²) >= 11 is 0. The van der Waals surface area contributed by atoms with Crippen LogP contribution in [-0.4, -0.2) is 28.8 Å². The number of rotatable bonds is 3. The van der Waals surface area contributed by atoms with Gasteiger partial charge in [0.15, 0.2) is 5.03 Å². The number of nitrogens with zero attached hydrogens (tertiary/aromatic N) is 3. The van der Waals surface area contributed by atoms with Crippen LogP contribution in [0.1, 0.15) is 24.6 Å². The maximum Gasteiger partial charge on any atom is 0.262 e. The minimum absolute atomic E-state index is 0.0912. The first-order chi connectivity index (χ1) is 9.09. The van der Waals surface area contributed by atoms with E-state index >= 15 is 0 Å². The van der Waals surface area contributed by atoms with Gasteiger partial charge in [-0.25, -0.2) is 13.4 Å². The summed E-state index contributed by atoms with van der Waals surface area (Å²) in [5.74, 6) is 0.692. The second kappa shape index (κ2) is 4.50. The smallest absolute Gasteiger partial charge is 0.262 e. The molecular formula is C12H15N3O3S. The summed E-state index contributed by atoms with van der Waals surface area (Å²) in [7, 11) is -1.80. The van der Waals surface area contributed by atoms with Crippen molar-refractivity contribution in [1.82, 2.24) is 13.9 Å². The molecule has 0 aliphatic carbocycles. The predicted octanol–water partition coefficient (Wildman–Crippen LogP) is 1.54. The fourth-order valence-corrected chi connectivity index (χ4v) is 4.07. The summed E-state index contributed by atoms with van der Waals surface area (Å²) in [6.07, 6.45) is 6.19. The molecule has 0 radical (unpaired) electrons. The third-order valence-electron chi connectivity index (χ3n) is 3.33. The van der Waals surface area contributed by atoms with Gasteiger partial charge >= 0.3 is 0 Å². The highest BCUT2D eigenvalue weighted by Crippen LogP contribution is 2.36. The molecule has 7 heteroatoms. The molecule has 1 aliphatic heterocycles. The Morgan fingerprint density at radius 3 is 2.95 bits per heavy atom. The van der Waals surface area contributed by atoms with E-state index in [1.807, 2.05) is 6.07 Å². The van der Waals surface area contributed by atoms with Gasteiger partial charge in [-0.1, -0.05) is 0 Å². The normalized spacial score (nSPS) is 21.0. The lowest BCUT2D eigenvalue weighted by atomic mass is 10.2. The summed E-state index contributed by atoms with van der Waals surface area (Å²) in [6.45, 7) is 0.504. The molecule has 1 atom stereocenters. The van der Waals surface area contributed by atoms with E-state index in [1.165, 1.54) is 16.8 Å². The average molecular weight is 281 g/mol. The standard InChI is InChI=1S/C12H15N3O3S/c1-14-8-12(13-9-14)19(16,17)15-6-2-4-10(15)11-5-3-7-18-11/h3,5,7-10H,2,4,6H2,1H3/t10-/m1/s1. The number of aryl methyl sites for hydroxylation is 1. The molecule has 3 rings (SSSR count). The van der Waals surface area contributed by atoms with E-state index in [9.17, 15) is 8.42 Å². The highest BCUT2D eigenvalue weighted by molar-refractivity contribution is 7.89. The van der Waals surface area contributed by atoms with Crippen molar-refractivity contribution in [2.45, 2.75) is 23.9 Å². The fourth-order valence-electron chi connectivity index (χ4n) is 2.44. The molecule has 1 saturated heterocycles. The minimum atomic E-state index is -3.55. The molecule has 1 aliphatic rings. The predicted molar refractivity (Wildman–Crippen MR) is 67.8 cm³/mol. The van der Waals surface area contributed by atoms with Crippen LogP contribution in [0.4, 0.5) is 0 Å². The van der Waals surface area contributed by atoms with Crippen LogP contribution in [0.25, 0.3) is 0 Å². The van der Waals surface area contributed by atoms with E-state index < -0.39 is 10.0 Å². The van der Waals surface area contributed by atoms with Crippen LogP contribution >= 0.6 is 0 Å². The van der Waals surface area contributed by atoms with Gasteiger partial charge in [0.25, 0.3) is 10.0 Å². The number of imidazole rings is 1. The summed E-state index contributed by atoms with van der Waals surface area (Å²) in [5, 5.41) is 0.0912. The van der Waals surface area contributed by atoms with Crippen LogP contribution in [0.2, 0.25) is 0 Å². The number of hydrogen-bond acceptors (Lipinski definition) is 4. The monoisotopic (exact) mass is 281 g/mol. The summed E-state index contributed by atoms with van der Waals surface area (Å²) in [5.41, 5.74) is 0. The molecule has 102 valence electrons. The zero-order valence-electron chi connectivity index (χ0n) is 10.6. The van der Waals surface area contributed by atoms with Crippen molar-refractivity contribution < 1.29 is 12.8 Å². The second-order valence-corrected chi connectivity index (χ2v) is 6.50. The van der Waals surface area contributed by atoms with Gasteiger partial charge in [0.1, 0.15) is 5.76 Å². The lowest BCUT2D eigenvalue weighted by Crippen LogP contribution is -2.30. The topological polar surface area (TPSA) is 68.3 Å². The van der Waals surface area contributed by atoms with Gasteiger partial charge in [0.05, 0.1) is 18.6 Å². The first-order valence-corrected chi connectivity index (χ1v) is 7.56. The lowest BCUT2D eigenvalue weighted by Gasteiger charge is -2.21. The average Bonchev–Trinajstić information content (AvgIpc) is 3.09. The van der Waals surface area contributed by atoms with Crippen molar-refractivity contribution >= 4 is 10.0 Å². The summed E-state index contributed by atoms with van der Waals surface area (Å²) < 4.78 is 33.6. The molecule has 0 spiro atoms. The van der Waals surface area contributed by atoms with Gasteiger partial charge in [-0.3, -0.25) is 0 Å². The fraction of sp³-hybridized carbons (Fsp3) is 0.417. The molecule has 0 bridgehead atoms. The number of furan rings is 1. The number of sulfonamides is 1. The van der Waals surface area contributed by atoms with Crippen LogP contribution in [0.5, 0.6) is 0 Å². The van der Waals surface area contributed by atoms with Crippen LogP contribution < -0.4 is 0 Å². The molecule has 0 unspecified atom stereocenters. The van der Waals surface area contributed by atoms with E-state index in [1.54, 1.807) is 23.9 Å². The minimum Gasteiger partial charge on any atom is -0.468 e. The molecule has 0 amide bonds. The van der Waals surface area contributed by atoms with E-state index in [2.05, 4.69) is 4.98 Å². The van der Waals surface area contributed by atoms with Crippen molar-refractivity contribution in [1.29, 1.82) is 0 Å². The second-order valence-electron chi connectivity index (χ2n) is 4.67. The maximum absolute atomic E-state index is 12.6. The van der Waals surface area contributed by atoms with E-state index in [0.29, 0.717) is 12.3 Å². The molecule has 2 aromatic heterocycles. The molecule has 1 fully saturated rings. The molecule has 19 heavy (non-hydrogen) atoms. The Morgan fingerprint density at radius 1 is 1.47 bits per heavy atom. The van der Waals surface area contributed by atoms with E-state index in [0.717, 1.165) is 12.8 Å². The Kier molecular flexibility index (Phi) is 2.94. The first-order valence-electron chi connectivity index (χ1n) is 6.12. The molecule has 0 N–H and O–H groups in total. The third kappa shape index (κ3) is 2.08. The van der Waals surface area contributed by atoms with Gasteiger partial charge < -0.3 is 8.98 Å². The van der Waals surface area contributed by atoms with E-state index in [-0.39, 0.29) is 11.1 Å². The highest BCUT2D eigenvalue weighted by Gasteiger charge is 2.38. The Balaban J connectivity index is 1.96. The van der Waals surface area contributed by atoms with Crippen molar-refractivity contribution in [2.75, 3.05) is 6.54 Å². The van der Waals surface area contributed by atoms with Crippen LogP contribution in [0.3, 0.4) is 0 Å². The number of aromatic nitrogens is 2. The van der Waals surface area contributed by atoms with Crippen molar-refractivity contribution in [3.63, 3.8) is 0 Å². The quantitative estimate of drug-likeness (QED) is 0.855. The van der Waals surface area contributed by atoms with Crippen molar-refractivity contribution in [2.24, 2.45) is 7.05 Å². The SMILES string of the molecule is Cn1cnc(S(=O)(=O)N2CCC[C@@H]2c2ccco2)c1. The van der Waals surface area contributed by atoms with Crippen molar-refractivity contribution in [3.05, 3.63) is 36.7 Å². The maximum atomic E-state index is 12.6. The highest BCUT2D eigenvalue weighted by atomic mass is 32.2. The Bertz CT molecular complexity index is 660. The zero-order chi connectivity index (χ0) is 13.5. The third-order valence-corrected chi connectivity index (χ3v) is 5.12. The largest absolute Gasteiger partial charge is 0.468 e. The van der Waals surface area contributed by atoms with Gasteiger partial charge in [-0.15, -0.1) is 0 Å². The molecule has 0 aromatic carbocycles. The van der Waals surface area contributed by atoms with Crippen LogP contribution in [0, 0.1) is 0 Å². The van der Waals surface area contributed by atoms with Crippen LogP contribution in [0.15, 0.2) is 40.4 Å². The van der Waals surface area contributed by atoms with Crippen LogP contribution in [-0.2, 0) is 17.1 Å². The molecule has 2 aromatic rings. The molecule has 6 nitrogen and oxygen atoms in total. The molecule has 3 heterocycles. The van der Waals surface area contributed by atoms with Gasteiger partial charge in [0, 0.05) is 19.8 Å². The summed E-state index contributed by atoms with van der Waals surface area (Å²) in [4.78, 5) is 3.95. The lowest BCUT2D eigenvalue weighted by molar-refractivity contribution is 0.339. The number of hydrogen-bond donors (Lipinski definition) is 0. The van der Waals surface area contributed by atoms with Gasteiger partial charge in [0.2, 0.25) is 0 Å². The zero-order valence-corrected chi connectivity index (χ0v) is 11.4. The first kappa shape index (κ1) is 12.4. The van der Waals surface area contributed by atoms with Gasteiger partial charge in [-0.2, -0.15) is 4.31 Å².